The second-order valence-corrected chi connectivity index (χ2v) is 8.01. The normalized spacial score (nSPS) is 14.8. The van der Waals surface area contributed by atoms with Crippen molar-refractivity contribution in [1.29, 1.82) is 0 Å². The molecule has 0 spiro atoms. The monoisotopic (exact) mass is 404 g/mol. The summed E-state index contributed by atoms with van der Waals surface area (Å²) in [6.07, 6.45) is 9.62. The van der Waals surface area contributed by atoms with Crippen molar-refractivity contribution in [2.24, 2.45) is 0 Å². The second kappa shape index (κ2) is 7.44. The number of pyridine rings is 1. The molecule has 30 heavy (non-hydrogen) atoms. The molecule has 8 heteroatoms. The van der Waals surface area contributed by atoms with Gasteiger partial charge in [0.25, 0.3) is 5.91 Å². The van der Waals surface area contributed by atoms with Gasteiger partial charge in [0.2, 0.25) is 0 Å². The van der Waals surface area contributed by atoms with Gasteiger partial charge in [-0.3, -0.25) is 4.79 Å². The molecule has 0 aromatic carbocycles. The summed E-state index contributed by atoms with van der Waals surface area (Å²) in [4.78, 5) is 18.1. The van der Waals surface area contributed by atoms with Crippen LogP contribution in [0.25, 0.3) is 22.5 Å². The molecule has 8 nitrogen and oxygen atoms in total. The minimum Gasteiger partial charge on any atom is -0.463 e. The van der Waals surface area contributed by atoms with E-state index in [2.05, 4.69) is 15.5 Å². The Bertz CT molecular complexity index is 1180. The number of nitrogens with zero attached hydrogens (tertiary/aromatic N) is 5. The van der Waals surface area contributed by atoms with Crippen molar-refractivity contribution in [3.63, 3.8) is 0 Å². The van der Waals surface area contributed by atoms with Crippen molar-refractivity contribution in [2.45, 2.75) is 51.6 Å². The van der Waals surface area contributed by atoms with E-state index in [9.17, 15) is 4.79 Å². The zero-order valence-corrected chi connectivity index (χ0v) is 17.1. The molecule has 1 aliphatic carbocycles. The van der Waals surface area contributed by atoms with E-state index in [4.69, 9.17) is 9.40 Å². The maximum absolute atomic E-state index is 13.3. The van der Waals surface area contributed by atoms with Gasteiger partial charge < -0.3 is 9.73 Å². The van der Waals surface area contributed by atoms with E-state index >= 15 is 0 Å². The molecule has 5 rings (SSSR count). The van der Waals surface area contributed by atoms with Crippen molar-refractivity contribution in [3.8, 4) is 11.5 Å². The van der Waals surface area contributed by atoms with Gasteiger partial charge in [-0.1, -0.05) is 12.8 Å². The summed E-state index contributed by atoms with van der Waals surface area (Å²) in [6.45, 7) is 4.07. The number of fused-ring (bicyclic) bond motifs is 1. The third-order valence-corrected chi connectivity index (χ3v) is 5.66. The van der Waals surface area contributed by atoms with E-state index in [0.717, 1.165) is 12.8 Å². The zero-order chi connectivity index (χ0) is 20.7. The average molecular weight is 404 g/mol. The van der Waals surface area contributed by atoms with Crippen LogP contribution in [0.2, 0.25) is 0 Å². The van der Waals surface area contributed by atoms with E-state index in [1.54, 1.807) is 30.8 Å². The van der Waals surface area contributed by atoms with Crippen LogP contribution < -0.4 is 5.32 Å². The highest BCUT2D eigenvalue weighted by Gasteiger charge is 2.23. The van der Waals surface area contributed by atoms with Crippen LogP contribution in [0.1, 0.15) is 62.0 Å². The number of nitrogens with one attached hydrogen (secondary N) is 1. The molecule has 0 atom stereocenters. The third-order valence-electron chi connectivity index (χ3n) is 5.66. The van der Waals surface area contributed by atoms with E-state index in [1.807, 2.05) is 35.3 Å². The molecule has 154 valence electrons. The molecule has 1 fully saturated rings. The maximum atomic E-state index is 13.3. The Kier molecular flexibility index (Phi) is 4.61. The summed E-state index contributed by atoms with van der Waals surface area (Å²) in [5.74, 6) is 1.12. The molecule has 0 aliphatic heterocycles. The number of anilines is 1. The van der Waals surface area contributed by atoms with E-state index < -0.39 is 0 Å². The molecular formula is C22H24N6O2. The molecule has 4 aromatic rings. The highest BCUT2D eigenvalue weighted by atomic mass is 16.3. The number of hydrogen-bond donors (Lipinski definition) is 1. The summed E-state index contributed by atoms with van der Waals surface area (Å²) in [7, 11) is 0. The van der Waals surface area contributed by atoms with E-state index in [-0.39, 0.29) is 11.9 Å². The van der Waals surface area contributed by atoms with Crippen molar-refractivity contribution < 1.29 is 9.21 Å². The first-order valence-corrected chi connectivity index (χ1v) is 10.4. The lowest BCUT2D eigenvalue weighted by Crippen LogP contribution is -2.18. The predicted molar refractivity (Wildman–Crippen MR) is 113 cm³/mol. The zero-order valence-electron chi connectivity index (χ0n) is 17.1. The van der Waals surface area contributed by atoms with E-state index in [1.165, 1.54) is 12.8 Å². The number of rotatable bonds is 5. The number of furan rings is 1. The molecule has 4 aromatic heterocycles. The van der Waals surface area contributed by atoms with Crippen molar-refractivity contribution in [1.82, 2.24) is 24.5 Å². The van der Waals surface area contributed by atoms with Gasteiger partial charge in [-0.05, 0) is 44.9 Å². The predicted octanol–water partition coefficient (Wildman–Crippen LogP) is 4.84. The lowest BCUT2D eigenvalue weighted by Gasteiger charge is -2.15. The molecule has 1 amide bonds. The van der Waals surface area contributed by atoms with Crippen LogP contribution in [-0.2, 0) is 0 Å². The fourth-order valence-electron chi connectivity index (χ4n) is 4.17. The fourth-order valence-corrected chi connectivity index (χ4v) is 4.17. The Morgan fingerprint density at radius 3 is 2.80 bits per heavy atom. The van der Waals surface area contributed by atoms with Gasteiger partial charge in [0.15, 0.2) is 11.4 Å². The standard InChI is InChI=1S/C22H24N6O2/c1-14(2)27-21-17(13-24-27)16(12-18(25-21)19-8-5-11-30-19)22(29)26-20-9-10-23-28(20)15-6-3-4-7-15/h5,8-15H,3-4,6-7H2,1-2H3,(H,26,29). The maximum Gasteiger partial charge on any atom is 0.257 e. The second-order valence-electron chi connectivity index (χ2n) is 8.01. The Morgan fingerprint density at radius 1 is 1.23 bits per heavy atom. The van der Waals surface area contributed by atoms with Gasteiger partial charge in [0, 0.05) is 12.1 Å². The largest absolute Gasteiger partial charge is 0.463 e. The van der Waals surface area contributed by atoms with Gasteiger partial charge in [-0.25, -0.2) is 14.3 Å². The molecule has 1 aliphatic rings. The highest BCUT2D eigenvalue weighted by Crippen LogP contribution is 2.32. The Hall–Kier alpha value is -3.42. The van der Waals surface area contributed by atoms with Crippen molar-refractivity contribution in [3.05, 3.63) is 48.5 Å². The molecule has 0 radical (unpaired) electrons. The summed E-state index contributed by atoms with van der Waals surface area (Å²) in [6, 6.07) is 7.71. The van der Waals surface area contributed by atoms with Crippen LogP contribution in [-0.4, -0.2) is 30.5 Å². The van der Waals surface area contributed by atoms with Crippen LogP contribution in [0.15, 0.2) is 47.3 Å². The highest BCUT2D eigenvalue weighted by molar-refractivity contribution is 6.12. The molecule has 1 saturated carbocycles. The third kappa shape index (κ3) is 3.18. The van der Waals surface area contributed by atoms with Crippen molar-refractivity contribution >= 4 is 22.8 Å². The van der Waals surface area contributed by atoms with Crippen LogP contribution >= 0.6 is 0 Å². The molecule has 0 saturated heterocycles. The number of hydrogen-bond acceptors (Lipinski definition) is 5. The first-order valence-electron chi connectivity index (χ1n) is 10.4. The van der Waals surface area contributed by atoms with Crippen LogP contribution in [0.5, 0.6) is 0 Å². The Labute approximate surface area is 173 Å². The van der Waals surface area contributed by atoms with Gasteiger partial charge in [0.1, 0.15) is 11.5 Å². The lowest BCUT2D eigenvalue weighted by molar-refractivity contribution is 0.102. The van der Waals surface area contributed by atoms with Crippen molar-refractivity contribution in [2.75, 3.05) is 5.32 Å². The average Bonchev–Trinajstić information content (AvgIpc) is 3.53. The minimum absolute atomic E-state index is 0.113. The van der Waals surface area contributed by atoms with Gasteiger partial charge in [-0.2, -0.15) is 10.2 Å². The summed E-state index contributed by atoms with van der Waals surface area (Å²) < 4.78 is 9.29. The molecule has 0 bridgehead atoms. The molecule has 0 unspecified atom stereocenters. The molecule has 4 heterocycles. The quantitative estimate of drug-likeness (QED) is 0.514. The summed E-state index contributed by atoms with van der Waals surface area (Å²) in [5.41, 5.74) is 1.77. The first kappa shape index (κ1) is 18.6. The smallest absolute Gasteiger partial charge is 0.257 e. The lowest BCUT2D eigenvalue weighted by atomic mass is 10.1. The van der Waals surface area contributed by atoms with Crippen LogP contribution in [0, 0.1) is 0 Å². The van der Waals surface area contributed by atoms with E-state index in [0.29, 0.717) is 39.9 Å². The molecular weight excluding hydrogens is 380 g/mol. The number of carbonyl (C=O) groups is 1. The minimum atomic E-state index is -0.210. The van der Waals surface area contributed by atoms with Gasteiger partial charge >= 0.3 is 0 Å². The Morgan fingerprint density at radius 2 is 2.07 bits per heavy atom. The van der Waals surface area contributed by atoms with Gasteiger partial charge in [-0.15, -0.1) is 0 Å². The number of carbonyl (C=O) groups excluding carboxylic acids is 1. The topological polar surface area (TPSA) is 90.8 Å². The molecule has 1 N–H and O–H groups in total. The first-order chi connectivity index (χ1) is 14.6. The van der Waals surface area contributed by atoms with Gasteiger partial charge in [0.05, 0.1) is 35.6 Å². The van der Waals surface area contributed by atoms with Crippen LogP contribution in [0.3, 0.4) is 0 Å². The fraction of sp³-hybridized carbons (Fsp3) is 0.364. The van der Waals surface area contributed by atoms with Crippen LogP contribution in [0.4, 0.5) is 5.82 Å². The Balaban J connectivity index is 1.56. The number of amides is 1. The summed E-state index contributed by atoms with van der Waals surface area (Å²) >= 11 is 0. The SMILES string of the molecule is CC(C)n1ncc2c(C(=O)Nc3ccnn3C3CCCC3)cc(-c3ccco3)nc21. The number of aromatic nitrogens is 5. The summed E-state index contributed by atoms with van der Waals surface area (Å²) in [5, 5.41) is 12.7.